The second-order valence-electron chi connectivity index (χ2n) is 7.51. The molecular weight excluding hydrogens is 366 g/mol. The van der Waals surface area contributed by atoms with Gasteiger partial charge >= 0.3 is 0 Å². The number of ether oxygens (including phenoxy) is 2. The third-order valence-electron chi connectivity index (χ3n) is 5.16. The summed E-state index contributed by atoms with van der Waals surface area (Å²) in [6, 6.07) is 0. The van der Waals surface area contributed by atoms with E-state index in [1.165, 1.54) is 0 Å². The standard InChI is InChI=1S/C20H39NO7/c1-3-5-7-9-11-21(12-10-8-6-4-2)16(23)14-27-19-17(24)15(13-22)28-20(26)18(19)25/h15,17-20,22,24-26H,3-14H2,1-2H3/t15-,17-,18-,19+,20?/m1/s1. The first-order chi connectivity index (χ1) is 13.5. The van der Waals surface area contributed by atoms with E-state index in [-0.39, 0.29) is 12.5 Å². The zero-order valence-corrected chi connectivity index (χ0v) is 17.3. The smallest absolute Gasteiger partial charge is 0.248 e. The fourth-order valence-corrected chi connectivity index (χ4v) is 3.34. The van der Waals surface area contributed by atoms with Crippen molar-refractivity contribution in [1.29, 1.82) is 0 Å². The number of carbonyl (C=O) groups is 1. The van der Waals surface area contributed by atoms with Crippen LogP contribution in [0.25, 0.3) is 0 Å². The van der Waals surface area contributed by atoms with Gasteiger partial charge in [0, 0.05) is 13.1 Å². The van der Waals surface area contributed by atoms with Gasteiger partial charge in [-0.25, -0.2) is 0 Å². The predicted molar refractivity (Wildman–Crippen MR) is 105 cm³/mol. The summed E-state index contributed by atoms with van der Waals surface area (Å²) < 4.78 is 10.4. The summed E-state index contributed by atoms with van der Waals surface area (Å²) in [7, 11) is 0. The number of carbonyl (C=O) groups excluding carboxylic acids is 1. The summed E-state index contributed by atoms with van der Waals surface area (Å²) in [4.78, 5) is 14.4. The van der Waals surface area contributed by atoms with Gasteiger partial charge in [-0.05, 0) is 12.8 Å². The van der Waals surface area contributed by atoms with Gasteiger partial charge in [0.05, 0.1) is 6.61 Å². The fourth-order valence-electron chi connectivity index (χ4n) is 3.34. The van der Waals surface area contributed by atoms with Crippen LogP contribution in [0, 0.1) is 0 Å². The average Bonchev–Trinajstić information content (AvgIpc) is 2.69. The molecule has 0 aliphatic carbocycles. The molecule has 1 saturated heterocycles. The molecular formula is C20H39NO7. The largest absolute Gasteiger partial charge is 0.394 e. The summed E-state index contributed by atoms with van der Waals surface area (Å²) in [5.74, 6) is -0.200. The Labute approximate surface area is 168 Å². The third-order valence-corrected chi connectivity index (χ3v) is 5.16. The van der Waals surface area contributed by atoms with Gasteiger partial charge in [0.15, 0.2) is 6.29 Å². The lowest BCUT2D eigenvalue weighted by molar-refractivity contribution is -0.293. The number of unbranched alkanes of at least 4 members (excludes halogenated alkanes) is 6. The quantitative estimate of drug-likeness (QED) is 0.315. The molecule has 166 valence electrons. The Balaban J connectivity index is 2.58. The molecule has 1 unspecified atom stereocenters. The van der Waals surface area contributed by atoms with Crippen LogP contribution in [0.5, 0.6) is 0 Å². The first-order valence-corrected chi connectivity index (χ1v) is 10.7. The fraction of sp³-hybridized carbons (Fsp3) is 0.950. The molecule has 0 bridgehead atoms. The van der Waals surface area contributed by atoms with Crippen LogP contribution in [0.3, 0.4) is 0 Å². The molecule has 1 rings (SSSR count). The molecule has 1 fully saturated rings. The highest BCUT2D eigenvalue weighted by molar-refractivity contribution is 5.77. The molecule has 28 heavy (non-hydrogen) atoms. The molecule has 8 nitrogen and oxygen atoms in total. The van der Waals surface area contributed by atoms with Gasteiger partial charge < -0.3 is 34.8 Å². The van der Waals surface area contributed by atoms with Crippen molar-refractivity contribution in [3.8, 4) is 0 Å². The van der Waals surface area contributed by atoms with Crippen molar-refractivity contribution in [1.82, 2.24) is 4.90 Å². The van der Waals surface area contributed by atoms with Gasteiger partial charge in [0.1, 0.15) is 31.0 Å². The third kappa shape index (κ3) is 8.31. The summed E-state index contributed by atoms with van der Waals surface area (Å²) >= 11 is 0. The van der Waals surface area contributed by atoms with Crippen molar-refractivity contribution < 1.29 is 34.7 Å². The van der Waals surface area contributed by atoms with Gasteiger partial charge in [0.25, 0.3) is 0 Å². The highest BCUT2D eigenvalue weighted by atomic mass is 16.6. The Bertz CT molecular complexity index is 411. The maximum atomic E-state index is 12.7. The van der Waals surface area contributed by atoms with Crippen LogP contribution in [0.1, 0.15) is 65.2 Å². The molecule has 1 amide bonds. The van der Waals surface area contributed by atoms with Crippen molar-refractivity contribution in [3.63, 3.8) is 0 Å². The lowest BCUT2D eigenvalue weighted by Crippen LogP contribution is -2.59. The number of aliphatic hydroxyl groups is 4. The minimum absolute atomic E-state index is 0.200. The molecule has 8 heteroatoms. The molecule has 5 atom stereocenters. The van der Waals surface area contributed by atoms with Crippen LogP contribution in [-0.4, -0.2) is 88.2 Å². The van der Waals surface area contributed by atoms with Gasteiger partial charge in [-0.3, -0.25) is 4.79 Å². The van der Waals surface area contributed by atoms with E-state index in [1.807, 2.05) is 0 Å². The normalized spacial score (nSPS) is 27.7. The van der Waals surface area contributed by atoms with Crippen LogP contribution in [0.15, 0.2) is 0 Å². The lowest BCUT2D eigenvalue weighted by atomic mass is 9.99. The van der Waals surface area contributed by atoms with Crippen molar-refractivity contribution in [2.45, 2.75) is 95.9 Å². The summed E-state index contributed by atoms with van der Waals surface area (Å²) in [6.45, 7) is 4.77. The van der Waals surface area contributed by atoms with Gasteiger partial charge in [-0.2, -0.15) is 0 Å². The molecule has 0 aromatic rings. The zero-order valence-electron chi connectivity index (χ0n) is 17.3. The molecule has 0 saturated carbocycles. The van der Waals surface area contributed by atoms with Gasteiger partial charge in [0.2, 0.25) is 5.91 Å². The molecule has 0 aromatic heterocycles. The summed E-state index contributed by atoms with van der Waals surface area (Å²) in [5.41, 5.74) is 0. The Kier molecular flexibility index (Phi) is 12.9. The van der Waals surface area contributed by atoms with Crippen LogP contribution in [-0.2, 0) is 14.3 Å². The summed E-state index contributed by atoms with van der Waals surface area (Å²) in [6.07, 6.45) is 1.84. The molecule has 1 aliphatic heterocycles. The molecule has 0 radical (unpaired) electrons. The van der Waals surface area contributed by atoms with E-state index >= 15 is 0 Å². The Morgan fingerprint density at radius 3 is 2.00 bits per heavy atom. The van der Waals surface area contributed by atoms with Crippen LogP contribution in [0.4, 0.5) is 0 Å². The monoisotopic (exact) mass is 405 g/mol. The van der Waals surface area contributed by atoms with E-state index in [0.29, 0.717) is 13.1 Å². The molecule has 0 spiro atoms. The van der Waals surface area contributed by atoms with Gasteiger partial charge in [-0.15, -0.1) is 0 Å². The second kappa shape index (κ2) is 14.3. The number of nitrogens with zero attached hydrogens (tertiary/aromatic N) is 1. The van der Waals surface area contributed by atoms with E-state index in [2.05, 4.69) is 13.8 Å². The Hall–Kier alpha value is -0.770. The number of amides is 1. The minimum atomic E-state index is -1.58. The SMILES string of the molecule is CCCCCCN(CCCCCC)C(=O)CO[C@H]1[C@H](O)[C@@H](CO)OC(O)[C@@H]1O. The zero-order chi connectivity index (χ0) is 20.9. The van der Waals surface area contributed by atoms with Crippen molar-refractivity contribution >= 4 is 5.91 Å². The predicted octanol–water partition coefficient (Wildman–Crippen LogP) is 0.792. The van der Waals surface area contributed by atoms with E-state index in [0.717, 1.165) is 51.4 Å². The van der Waals surface area contributed by atoms with Crippen LogP contribution >= 0.6 is 0 Å². The second-order valence-corrected chi connectivity index (χ2v) is 7.51. The molecule has 1 heterocycles. The highest BCUT2D eigenvalue weighted by Gasteiger charge is 2.44. The summed E-state index contributed by atoms with van der Waals surface area (Å²) in [5, 5.41) is 39.1. The van der Waals surface area contributed by atoms with Crippen LogP contribution in [0.2, 0.25) is 0 Å². The molecule has 0 aromatic carbocycles. The number of hydrogen-bond donors (Lipinski definition) is 4. The van der Waals surface area contributed by atoms with Crippen molar-refractivity contribution in [3.05, 3.63) is 0 Å². The average molecular weight is 406 g/mol. The van der Waals surface area contributed by atoms with Gasteiger partial charge in [-0.1, -0.05) is 52.4 Å². The minimum Gasteiger partial charge on any atom is -0.394 e. The molecule has 1 aliphatic rings. The van der Waals surface area contributed by atoms with Crippen molar-refractivity contribution in [2.75, 3.05) is 26.3 Å². The first kappa shape index (κ1) is 25.3. The number of hydrogen-bond acceptors (Lipinski definition) is 7. The highest BCUT2D eigenvalue weighted by Crippen LogP contribution is 2.22. The Morgan fingerprint density at radius 1 is 0.929 bits per heavy atom. The maximum absolute atomic E-state index is 12.7. The van der Waals surface area contributed by atoms with Crippen molar-refractivity contribution in [2.24, 2.45) is 0 Å². The van der Waals surface area contributed by atoms with E-state index in [9.17, 15) is 25.2 Å². The first-order valence-electron chi connectivity index (χ1n) is 10.7. The topological polar surface area (TPSA) is 120 Å². The Morgan fingerprint density at radius 2 is 1.50 bits per heavy atom. The molecule has 4 N–H and O–H groups in total. The van der Waals surface area contributed by atoms with E-state index < -0.39 is 37.3 Å². The van der Waals surface area contributed by atoms with Crippen LogP contribution < -0.4 is 0 Å². The van der Waals surface area contributed by atoms with E-state index in [1.54, 1.807) is 4.90 Å². The van der Waals surface area contributed by atoms with E-state index in [4.69, 9.17) is 9.47 Å². The number of aliphatic hydroxyl groups excluding tert-OH is 4. The lowest BCUT2D eigenvalue weighted by Gasteiger charge is -2.40. The number of rotatable bonds is 14. The maximum Gasteiger partial charge on any atom is 0.248 e.